The van der Waals surface area contributed by atoms with Crippen molar-refractivity contribution >= 4 is 38.9 Å². The number of carbonyl (C=O) groups excluding carboxylic acids is 1. The number of hydrogen-bond donors (Lipinski definition) is 2. The number of nitrogens with one attached hydrogen (secondary N) is 2. The molecule has 116 valence electrons. The topological polar surface area (TPSA) is 75.3 Å². The van der Waals surface area contributed by atoms with Crippen LogP contribution >= 0.6 is 11.6 Å². The van der Waals surface area contributed by atoms with E-state index in [1.54, 1.807) is 37.3 Å². The molecule has 0 saturated carbocycles. The lowest BCUT2D eigenvalue weighted by Gasteiger charge is -2.10. The number of rotatable bonds is 4. The van der Waals surface area contributed by atoms with Gasteiger partial charge in [-0.25, -0.2) is 8.42 Å². The summed E-state index contributed by atoms with van der Waals surface area (Å²) >= 11 is 5.90. The van der Waals surface area contributed by atoms with Crippen LogP contribution in [0.3, 0.4) is 0 Å². The molecule has 0 aliphatic heterocycles. The molecular formula is C15H15ClN2O3S. The van der Waals surface area contributed by atoms with Crippen molar-refractivity contribution in [3.63, 3.8) is 0 Å². The van der Waals surface area contributed by atoms with E-state index in [-0.39, 0.29) is 10.8 Å². The highest BCUT2D eigenvalue weighted by molar-refractivity contribution is 7.92. The zero-order valence-corrected chi connectivity index (χ0v) is 13.6. The minimum Gasteiger partial charge on any atom is -0.326 e. The largest absolute Gasteiger partial charge is 0.326 e. The van der Waals surface area contributed by atoms with E-state index in [0.717, 1.165) is 0 Å². The van der Waals surface area contributed by atoms with Crippen molar-refractivity contribution < 1.29 is 13.2 Å². The van der Waals surface area contributed by atoms with Gasteiger partial charge in [-0.1, -0.05) is 17.7 Å². The van der Waals surface area contributed by atoms with Crippen LogP contribution in [0.2, 0.25) is 5.02 Å². The Kier molecular flexibility index (Phi) is 4.73. The number of halogens is 1. The summed E-state index contributed by atoms with van der Waals surface area (Å²) < 4.78 is 27.2. The monoisotopic (exact) mass is 338 g/mol. The SMILES string of the molecule is CC(=O)Nc1cccc(NS(=O)(=O)c2ccc(Cl)c(C)c2)c1. The van der Waals surface area contributed by atoms with Crippen LogP contribution in [0.15, 0.2) is 47.4 Å². The molecule has 0 spiro atoms. The summed E-state index contributed by atoms with van der Waals surface area (Å²) in [6.07, 6.45) is 0. The van der Waals surface area contributed by atoms with Crippen LogP contribution in [0.1, 0.15) is 12.5 Å². The van der Waals surface area contributed by atoms with Gasteiger partial charge in [0.2, 0.25) is 5.91 Å². The van der Waals surface area contributed by atoms with Gasteiger partial charge in [0, 0.05) is 17.6 Å². The molecule has 2 aromatic rings. The Hall–Kier alpha value is -2.05. The molecule has 5 nitrogen and oxygen atoms in total. The molecule has 0 saturated heterocycles. The third kappa shape index (κ3) is 3.99. The smallest absolute Gasteiger partial charge is 0.261 e. The van der Waals surface area contributed by atoms with E-state index in [0.29, 0.717) is 22.0 Å². The summed E-state index contributed by atoms with van der Waals surface area (Å²) in [7, 11) is -3.72. The van der Waals surface area contributed by atoms with Crippen LogP contribution in [0, 0.1) is 6.92 Å². The zero-order chi connectivity index (χ0) is 16.3. The van der Waals surface area contributed by atoms with Crippen molar-refractivity contribution in [2.45, 2.75) is 18.7 Å². The highest BCUT2D eigenvalue weighted by atomic mass is 35.5. The van der Waals surface area contributed by atoms with Crippen molar-refractivity contribution in [1.82, 2.24) is 0 Å². The predicted molar refractivity (Wildman–Crippen MR) is 87.7 cm³/mol. The quantitative estimate of drug-likeness (QED) is 0.897. The van der Waals surface area contributed by atoms with Gasteiger partial charge < -0.3 is 5.32 Å². The lowest BCUT2D eigenvalue weighted by Crippen LogP contribution is -2.13. The predicted octanol–water partition coefficient (Wildman–Crippen LogP) is 3.41. The second-order valence-corrected chi connectivity index (χ2v) is 6.87. The molecule has 2 aromatic carbocycles. The van der Waals surface area contributed by atoms with Crippen molar-refractivity contribution in [3.8, 4) is 0 Å². The first-order valence-electron chi connectivity index (χ1n) is 6.44. The normalized spacial score (nSPS) is 11.0. The van der Waals surface area contributed by atoms with Gasteiger partial charge >= 0.3 is 0 Å². The molecule has 0 heterocycles. The molecule has 0 fully saturated rings. The van der Waals surface area contributed by atoms with Crippen LogP contribution in [0.25, 0.3) is 0 Å². The first-order valence-corrected chi connectivity index (χ1v) is 8.31. The maximum Gasteiger partial charge on any atom is 0.261 e. The molecule has 22 heavy (non-hydrogen) atoms. The number of hydrogen-bond acceptors (Lipinski definition) is 3. The summed E-state index contributed by atoms with van der Waals surface area (Å²) in [5.74, 6) is -0.228. The minimum absolute atomic E-state index is 0.124. The standard InChI is InChI=1S/C15H15ClN2O3S/c1-10-8-14(6-7-15(10)16)22(20,21)18-13-5-3-4-12(9-13)17-11(2)19/h3-9,18H,1-2H3,(H,17,19). The molecule has 0 bridgehead atoms. The number of anilines is 2. The minimum atomic E-state index is -3.72. The second-order valence-electron chi connectivity index (χ2n) is 4.78. The maximum absolute atomic E-state index is 12.4. The van der Waals surface area contributed by atoms with E-state index in [9.17, 15) is 13.2 Å². The number of sulfonamides is 1. The third-order valence-electron chi connectivity index (χ3n) is 2.87. The molecule has 0 atom stereocenters. The molecule has 0 unspecified atom stereocenters. The number of benzene rings is 2. The highest BCUT2D eigenvalue weighted by Gasteiger charge is 2.15. The maximum atomic E-state index is 12.4. The number of amides is 1. The first-order chi connectivity index (χ1) is 10.3. The highest BCUT2D eigenvalue weighted by Crippen LogP contribution is 2.23. The molecular weight excluding hydrogens is 324 g/mol. The summed E-state index contributed by atoms with van der Waals surface area (Å²) in [5, 5.41) is 3.10. The van der Waals surface area contributed by atoms with Gasteiger partial charge in [-0.2, -0.15) is 0 Å². The Morgan fingerprint density at radius 3 is 2.41 bits per heavy atom. The molecule has 7 heteroatoms. The summed E-state index contributed by atoms with van der Waals surface area (Å²) in [6.45, 7) is 3.12. The summed E-state index contributed by atoms with van der Waals surface area (Å²) in [6, 6.07) is 11.0. The fourth-order valence-corrected chi connectivity index (χ4v) is 3.11. The van der Waals surface area contributed by atoms with Gasteiger partial charge in [-0.05, 0) is 48.9 Å². The summed E-state index contributed by atoms with van der Waals surface area (Å²) in [5.41, 5.74) is 1.55. The van der Waals surface area contributed by atoms with Gasteiger partial charge in [-0.15, -0.1) is 0 Å². The lowest BCUT2D eigenvalue weighted by atomic mass is 10.2. The number of carbonyl (C=O) groups is 1. The van der Waals surface area contributed by atoms with E-state index in [1.165, 1.54) is 19.1 Å². The van der Waals surface area contributed by atoms with Crippen molar-refractivity contribution in [2.75, 3.05) is 10.0 Å². The van der Waals surface area contributed by atoms with E-state index >= 15 is 0 Å². The van der Waals surface area contributed by atoms with Gasteiger partial charge in [0.15, 0.2) is 0 Å². The molecule has 1 amide bonds. The molecule has 2 N–H and O–H groups in total. The van der Waals surface area contributed by atoms with Crippen LogP contribution in [0.4, 0.5) is 11.4 Å². The van der Waals surface area contributed by atoms with Gasteiger partial charge in [0.05, 0.1) is 10.6 Å². The van der Waals surface area contributed by atoms with Crippen molar-refractivity contribution in [2.24, 2.45) is 0 Å². The summed E-state index contributed by atoms with van der Waals surface area (Å²) in [4.78, 5) is 11.2. The van der Waals surface area contributed by atoms with Crippen LogP contribution in [0.5, 0.6) is 0 Å². The van der Waals surface area contributed by atoms with E-state index in [1.807, 2.05) is 0 Å². The Morgan fingerprint density at radius 1 is 1.09 bits per heavy atom. The Labute approximate surface area is 134 Å². The van der Waals surface area contributed by atoms with E-state index in [4.69, 9.17) is 11.6 Å². The Bertz CT molecular complexity index is 819. The van der Waals surface area contributed by atoms with Gasteiger partial charge in [0.25, 0.3) is 10.0 Å². The van der Waals surface area contributed by atoms with Crippen molar-refractivity contribution in [1.29, 1.82) is 0 Å². The van der Waals surface area contributed by atoms with E-state index in [2.05, 4.69) is 10.0 Å². The fraction of sp³-hybridized carbons (Fsp3) is 0.133. The number of aryl methyl sites for hydroxylation is 1. The van der Waals surface area contributed by atoms with Crippen LogP contribution < -0.4 is 10.0 Å². The van der Waals surface area contributed by atoms with Crippen LogP contribution in [-0.2, 0) is 14.8 Å². The van der Waals surface area contributed by atoms with Crippen molar-refractivity contribution in [3.05, 3.63) is 53.1 Å². The molecule has 0 aliphatic rings. The van der Waals surface area contributed by atoms with E-state index < -0.39 is 10.0 Å². The Balaban J connectivity index is 2.28. The third-order valence-corrected chi connectivity index (χ3v) is 4.68. The zero-order valence-electron chi connectivity index (χ0n) is 12.1. The van der Waals surface area contributed by atoms with Gasteiger partial charge in [0.1, 0.15) is 0 Å². The van der Waals surface area contributed by atoms with Crippen LogP contribution in [-0.4, -0.2) is 14.3 Å². The molecule has 2 rings (SSSR count). The molecule has 0 aliphatic carbocycles. The Morgan fingerprint density at radius 2 is 1.77 bits per heavy atom. The fourth-order valence-electron chi connectivity index (χ4n) is 1.86. The molecule has 0 radical (unpaired) electrons. The average molecular weight is 339 g/mol. The average Bonchev–Trinajstić information content (AvgIpc) is 2.40. The lowest BCUT2D eigenvalue weighted by molar-refractivity contribution is -0.114. The van der Waals surface area contributed by atoms with Gasteiger partial charge in [-0.3, -0.25) is 9.52 Å². The molecule has 0 aromatic heterocycles. The second kappa shape index (κ2) is 6.37. The first kappa shape index (κ1) is 16.3.